The first-order chi connectivity index (χ1) is 7.66. The zero-order valence-corrected chi connectivity index (χ0v) is 8.89. The van der Waals surface area contributed by atoms with Crippen molar-refractivity contribution >= 4 is 11.6 Å². The van der Waals surface area contributed by atoms with Crippen LogP contribution in [0.4, 0.5) is 5.69 Å². The molecule has 0 radical (unpaired) electrons. The summed E-state index contributed by atoms with van der Waals surface area (Å²) in [5.41, 5.74) is 1.13. The molecule has 0 aliphatic rings. The van der Waals surface area contributed by atoms with Crippen LogP contribution in [0.25, 0.3) is 0 Å². The minimum absolute atomic E-state index is 0.217. The van der Waals surface area contributed by atoms with Gasteiger partial charge in [0, 0.05) is 6.92 Å². The molecule has 0 fully saturated rings. The largest absolute Gasteiger partial charge is 0.436 e. The van der Waals surface area contributed by atoms with Crippen molar-refractivity contribution in [3.8, 4) is 0 Å². The Morgan fingerprint density at radius 2 is 2.19 bits per heavy atom. The van der Waals surface area contributed by atoms with Crippen LogP contribution in [-0.2, 0) is 0 Å². The fourth-order valence-corrected chi connectivity index (χ4v) is 1.29. The molecule has 0 unspecified atom stereocenters. The number of carbonyl (C=O) groups is 1. The number of nitrogens with one attached hydrogen (secondary N) is 1. The predicted octanol–water partition coefficient (Wildman–Crippen LogP) is 1.33. The lowest BCUT2D eigenvalue weighted by molar-refractivity contribution is 0.0994. The summed E-state index contributed by atoms with van der Waals surface area (Å²) in [6, 6.07) is 1.64. The summed E-state index contributed by atoms with van der Waals surface area (Å²) in [5, 5.41) is 9.90. The maximum absolute atomic E-state index is 11.8. The monoisotopic (exact) mass is 218 g/mol. The Balaban J connectivity index is 2.18. The summed E-state index contributed by atoms with van der Waals surface area (Å²) in [6.45, 7) is 3.41. The highest BCUT2D eigenvalue weighted by Crippen LogP contribution is 2.12. The second kappa shape index (κ2) is 4.09. The lowest BCUT2D eigenvalue weighted by atomic mass is 10.3. The second-order valence-electron chi connectivity index (χ2n) is 3.23. The molecular weight excluding hydrogens is 208 g/mol. The van der Waals surface area contributed by atoms with E-state index in [9.17, 15) is 4.79 Å². The molecule has 2 aromatic rings. The van der Waals surface area contributed by atoms with Gasteiger partial charge in [0.15, 0.2) is 5.89 Å². The molecule has 0 atom stereocenters. The SMILES string of the molecule is Cc1nc(C)c(C(=O)Nc2ccnnc2)o1. The number of rotatable bonds is 2. The van der Waals surface area contributed by atoms with E-state index < -0.39 is 0 Å². The van der Waals surface area contributed by atoms with E-state index in [1.807, 2.05) is 0 Å². The fraction of sp³-hybridized carbons (Fsp3) is 0.200. The van der Waals surface area contributed by atoms with Crippen molar-refractivity contribution in [1.29, 1.82) is 0 Å². The maximum Gasteiger partial charge on any atom is 0.293 e. The molecule has 2 aromatic heterocycles. The topological polar surface area (TPSA) is 80.9 Å². The maximum atomic E-state index is 11.8. The highest BCUT2D eigenvalue weighted by Gasteiger charge is 2.15. The van der Waals surface area contributed by atoms with Gasteiger partial charge in [-0.25, -0.2) is 4.98 Å². The van der Waals surface area contributed by atoms with E-state index >= 15 is 0 Å². The molecule has 82 valence electrons. The quantitative estimate of drug-likeness (QED) is 0.822. The highest BCUT2D eigenvalue weighted by molar-refractivity contribution is 6.02. The van der Waals surface area contributed by atoms with E-state index in [0.29, 0.717) is 17.3 Å². The Hall–Kier alpha value is -2.24. The van der Waals surface area contributed by atoms with Crippen molar-refractivity contribution in [2.75, 3.05) is 5.32 Å². The number of amides is 1. The van der Waals surface area contributed by atoms with Crippen LogP contribution >= 0.6 is 0 Å². The Bertz CT molecular complexity index is 507. The molecule has 0 spiro atoms. The van der Waals surface area contributed by atoms with Gasteiger partial charge < -0.3 is 9.73 Å². The third kappa shape index (κ3) is 2.05. The lowest BCUT2D eigenvalue weighted by Gasteiger charge is -2.01. The Morgan fingerprint density at radius 3 is 2.75 bits per heavy atom. The first-order valence-electron chi connectivity index (χ1n) is 4.69. The first kappa shape index (κ1) is 10.3. The molecule has 1 amide bonds. The molecule has 6 nitrogen and oxygen atoms in total. The predicted molar refractivity (Wildman–Crippen MR) is 56.0 cm³/mol. The third-order valence-corrected chi connectivity index (χ3v) is 1.95. The van der Waals surface area contributed by atoms with Crippen LogP contribution in [0.15, 0.2) is 22.9 Å². The van der Waals surface area contributed by atoms with Crippen molar-refractivity contribution in [2.45, 2.75) is 13.8 Å². The van der Waals surface area contributed by atoms with Crippen LogP contribution in [0, 0.1) is 13.8 Å². The van der Waals surface area contributed by atoms with E-state index in [4.69, 9.17) is 4.42 Å². The summed E-state index contributed by atoms with van der Waals surface area (Å²) < 4.78 is 5.19. The minimum Gasteiger partial charge on any atom is -0.436 e. The smallest absolute Gasteiger partial charge is 0.293 e. The van der Waals surface area contributed by atoms with Crippen molar-refractivity contribution in [3.63, 3.8) is 0 Å². The molecule has 0 aliphatic heterocycles. The van der Waals surface area contributed by atoms with E-state index in [0.717, 1.165) is 0 Å². The van der Waals surface area contributed by atoms with Crippen molar-refractivity contribution in [3.05, 3.63) is 35.8 Å². The molecule has 0 aliphatic carbocycles. The van der Waals surface area contributed by atoms with Crippen LogP contribution in [-0.4, -0.2) is 21.1 Å². The standard InChI is InChI=1S/C10H10N4O2/c1-6-9(16-7(2)13-6)10(15)14-8-3-4-11-12-5-8/h3-5H,1-2H3,(H,11,14,15). The van der Waals surface area contributed by atoms with Crippen molar-refractivity contribution in [1.82, 2.24) is 15.2 Å². The zero-order chi connectivity index (χ0) is 11.5. The summed E-state index contributed by atoms with van der Waals surface area (Å²) in [4.78, 5) is 15.8. The van der Waals surface area contributed by atoms with E-state index in [1.54, 1.807) is 19.9 Å². The van der Waals surface area contributed by atoms with Gasteiger partial charge in [-0.15, -0.1) is 0 Å². The number of nitrogens with zero attached hydrogens (tertiary/aromatic N) is 3. The van der Waals surface area contributed by atoms with Gasteiger partial charge in [-0.2, -0.15) is 10.2 Å². The van der Waals surface area contributed by atoms with E-state index in [-0.39, 0.29) is 11.7 Å². The van der Waals surface area contributed by atoms with Gasteiger partial charge in [-0.1, -0.05) is 0 Å². The fourth-order valence-electron chi connectivity index (χ4n) is 1.29. The van der Waals surface area contributed by atoms with Gasteiger partial charge in [0.1, 0.15) is 0 Å². The molecule has 0 aromatic carbocycles. The summed E-state index contributed by atoms with van der Waals surface area (Å²) in [7, 11) is 0. The van der Waals surface area contributed by atoms with Crippen molar-refractivity contribution in [2.24, 2.45) is 0 Å². The Kier molecular flexibility index (Phi) is 2.63. The summed E-state index contributed by atoms with van der Waals surface area (Å²) >= 11 is 0. The van der Waals surface area contributed by atoms with E-state index in [1.165, 1.54) is 12.4 Å². The highest BCUT2D eigenvalue weighted by atomic mass is 16.4. The number of hydrogen-bond donors (Lipinski definition) is 1. The van der Waals surface area contributed by atoms with Crippen molar-refractivity contribution < 1.29 is 9.21 Å². The minimum atomic E-state index is -0.342. The summed E-state index contributed by atoms with van der Waals surface area (Å²) in [6.07, 6.45) is 2.95. The van der Waals surface area contributed by atoms with Crippen LogP contribution in [0.3, 0.4) is 0 Å². The van der Waals surface area contributed by atoms with Crippen LogP contribution in [0.1, 0.15) is 22.1 Å². The zero-order valence-electron chi connectivity index (χ0n) is 8.89. The number of hydrogen-bond acceptors (Lipinski definition) is 5. The molecule has 0 bridgehead atoms. The van der Waals surface area contributed by atoms with Crippen LogP contribution < -0.4 is 5.32 Å². The molecule has 1 N–H and O–H groups in total. The molecule has 6 heteroatoms. The number of carbonyl (C=O) groups excluding carboxylic acids is 1. The van der Waals surface area contributed by atoms with Gasteiger partial charge in [0.05, 0.1) is 23.8 Å². The number of anilines is 1. The molecule has 0 saturated carbocycles. The molecule has 2 rings (SSSR count). The lowest BCUT2D eigenvalue weighted by Crippen LogP contribution is -2.12. The average molecular weight is 218 g/mol. The van der Waals surface area contributed by atoms with Gasteiger partial charge in [-0.05, 0) is 13.0 Å². The molecule has 0 saturated heterocycles. The van der Waals surface area contributed by atoms with Crippen LogP contribution in [0.2, 0.25) is 0 Å². The van der Waals surface area contributed by atoms with Gasteiger partial charge in [-0.3, -0.25) is 4.79 Å². The molecule has 16 heavy (non-hydrogen) atoms. The van der Waals surface area contributed by atoms with E-state index in [2.05, 4.69) is 20.5 Å². The number of aryl methyl sites for hydroxylation is 2. The second-order valence-corrected chi connectivity index (χ2v) is 3.23. The Morgan fingerprint density at radius 1 is 1.38 bits per heavy atom. The Labute approximate surface area is 91.7 Å². The summed E-state index contributed by atoms with van der Waals surface area (Å²) in [5.74, 6) is 0.343. The third-order valence-electron chi connectivity index (χ3n) is 1.95. The number of oxazole rings is 1. The van der Waals surface area contributed by atoms with Gasteiger partial charge in [0.25, 0.3) is 5.91 Å². The first-order valence-corrected chi connectivity index (χ1v) is 4.69. The normalized spacial score (nSPS) is 10.1. The number of aromatic nitrogens is 3. The van der Waals surface area contributed by atoms with Crippen LogP contribution in [0.5, 0.6) is 0 Å². The van der Waals surface area contributed by atoms with Gasteiger partial charge in [0.2, 0.25) is 5.76 Å². The molecule has 2 heterocycles. The average Bonchev–Trinajstić information content (AvgIpc) is 2.59. The molecular formula is C10H10N4O2. The van der Waals surface area contributed by atoms with Gasteiger partial charge >= 0.3 is 0 Å².